The number of aromatic nitrogens is 4. The van der Waals surface area contributed by atoms with Gasteiger partial charge in [-0.1, -0.05) is 23.9 Å². The van der Waals surface area contributed by atoms with E-state index >= 15 is 0 Å². The van der Waals surface area contributed by atoms with Crippen LogP contribution in [0, 0.1) is 6.92 Å². The van der Waals surface area contributed by atoms with Crippen LogP contribution in [0.2, 0.25) is 0 Å². The second-order valence-corrected chi connectivity index (χ2v) is 7.17. The number of hydrogen-bond acceptors (Lipinski definition) is 6. The van der Waals surface area contributed by atoms with Crippen molar-refractivity contribution in [2.45, 2.75) is 24.8 Å². The van der Waals surface area contributed by atoms with Gasteiger partial charge < -0.3 is 9.80 Å². The second-order valence-electron chi connectivity index (χ2n) is 6.23. The molecule has 27 heavy (non-hydrogen) atoms. The highest BCUT2D eigenvalue weighted by Crippen LogP contribution is 2.22. The average Bonchev–Trinajstić information content (AvgIpc) is 3.05. The molecule has 1 amide bonds. The van der Waals surface area contributed by atoms with Crippen LogP contribution in [0.25, 0.3) is 0 Å². The normalized spacial score (nSPS) is 15.3. The Morgan fingerprint density at radius 2 is 1.96 bits per heavy atom. The van der Waals surface area contributed by atoms with Crippen molar-refractivity contribution in [3.63, 3.8) is 0 Å². The minimum atomic E-state index is -4.42. The lowest BCUT2D eigenvalue weighted by molar-refractivity contribution is -0.144. The smallest absolute Gasteiger partial charge is 0.368 e. The number of aryl methyl sites for hydroxylation is 1. The molecule has 1 aromatic heterocycles. The van der Waals surface area contributed by atoms with Crippen LogP contribution in [0.5, 0.6) is 0 Å². The van der Waals surface area contributed by atoms with E-state index in [0.29, 0.717) is 30.9 Å². The van der Waals surface area contributed by atoms with Gasteiger partial charge in [0.05, 0.1) is 5.75 Å². The number of thioether (sulfide) groups is 1. The number of halogens is 3. The van der Waals surface area contributed by atoms with E-state index in [4.69, 9.17) is 0 Å². The zero-order valence-corrected chi connectivity index (χ0v) is 15.5. The van der Waals surface area contributed by atoms with E-state index in [-0.39, 0.29) is 16.8 Å². The van der Waals surface area contributed by atoms with Crippen molar-refractivity contribution < 1.29 is 18.0 Å². The first kappa shape index (κ1) is 19.5. The highest BCUT2D eigenvalue weighted by molar-refractivity contribution is 7.99. The van der Waals surface area contributed by atoms with Crippen molar-refractivity contribution in [2.24, 2.45) is 0 Å². The van der Waals surface area contributed by atoms with Gasteiger partial charge in [-0.05, 0) is 35.0 Å². The van der Waals surface area contributed by atoms with Gasteiger partial charge in [0, 0.05) is 31.9 Å². The number of rotatable bonds is 5. The van der Waals surface area contributed by atoms with Gasteiger partial charge in [0.25, 0.3) is 0 Å². The Labute approximate surface area is 158 Å². The zero-order chi connectivity index (χ0) is 19.4. The van der Waals surface area contributed by atoms with E-state index in [1.807, 2.05) is 25.1 Å². The Hall–Kier alpha value is -2.30. The number of anilines is 1. The van der Waals surface area contributed by atoms with E-state index in [1.165, 1.54) is 5.56 Å². The maximum Gasteiger partial charge on any atom is 0.408 e. The second kappa shape index (κ2) is 8.15. The summed E-state index contributed by atoms with van der Waals surface area (Å²) >= 11 is 0.917. The van der Waals surface area contributed by atoms with Gasteiger partial charge in [-0.3, -0.25) is 4.79 Å². The maximum atomic E-state index is 12.5. The molecule has 0 bridgehead atoms. The molecule has 0 saturated carbocycles. The molecule has 0 aliphatic carbocycles. The Kier molecular flexibility index (Phi) is 5.88. The highest BCUT2D eigenvalue weighted by atomic mass is 32.2. The van der Waals surface area contributed by atoms with Gasteiger partial charge in [0.15, 0.2) is 0 Å². The van der Waals surface area contributed by atoms with E-state index in [0.717, 1.165) is 17.4 Å². The van der Waals surface area contributed by atoms with E-state index in [1.54, 1.807) is 4.90 Å². The predicted octanol–water partition coefficient (Wildman–Crippen LogP) is 1.98. The maximum absolute atomic E-state index is 12.5. The summed E-state index contributed by atoms with van der Waals surface area (Å²) in [6, 6.07) is 8.19. The minimum Gasteiger partial charge on any atom is -0.368 e. The predicted molar refractivity (Wildman–Crippen MR) is 94.6 cm³/mol. The summed E-state index contributed by atoms with van der Waals surface area (Å²) in [7, 11) is 0. The van der Waals surface area contributed by atoms with Gasteiger partial charge in [0.2, 0.25) is 11.1 Å². The summed E-state index contributed by atoms with van der Waals surface area (Å²) in [5, 5.41) is 10.1. The summed E-state index contributed by atoms with van der Waals surface area (Å²) < 4.78 is 38.1. The van der Waals surface area contributed by atoms with Crippen LogP contribution in [0.4, 0.5) is 18.9 Å². The first-order valence-electron chi connectivity index (χ1n) is 8.37. The summed E-state index contributed by atoms with van der Waals surface area (Å²) in [5.41, 5.74) is 2.31. The summed E-state index contributed by atoms with van der Waals surface area (Å²) in [4.78, 5) is 16.3. The van der Waals surface area contributed by atoms with Crippen molar-refractivity contribution in [3.05, 3.63) is 29.8 Å². The first-order chi connectivity index (χ1) is 12.8. The molecule has 7 nitrogen and oxygen atoms in total. The van der Waals surface area contributed by atoms with E-state index < -0.39 is 12.7 Å². The summed E-state index contributed by atoms with van der Waals surface area (Å²) in [5.74, 6) is -0.131. The fourth-order valence-electron chi connectivity index (χ4n) is 2.83. The van der Waals surface area contributed by atoms with Gasteiger partial charge in [-0.2, -0.15) is 13.2 Å². The van der Waals surface area contributed by atoms with Gasteiger partial charge in [0.1, 0.15) is 6.54 Å². The Balaban J connectivity index is 1.50. The number of nitrogens with zero attached hydrogens (tertiary/aromatic N) is 6. The molecule has 0 N–H and O–H groups in total. The van der Waals surface area contributed by atoms with Crippen molar-refractivity contribution in [1.29, 1.82) is 0 Å². The largest absolute Gasteiger partial charge is 0.408 e. The molecule has 1 fully saturated rings. The molecule has 0 atom stereocenters. The van der Waals surface area contributed by atoms with Crippen LogP contribution in [0.3, 0.4) is 0 Å². The number of hydrogen-bond donors (Lipinski definition) is 0. The van der Waals surface area contributed by atoms with E-state index in [2.05, 4.69) is 26.5 Å². The molecular weight excluding hydrogens is 381 g/mol. The average molecular weight is 400 g/mol. The van der Waals surface area contributed by atoms with Crippen LogP contribution in [0.1, 0.15) is 5.56 Å². The molecule has 2 heterocycles. The van der Waals surface area contributed by atoms with Crippen LogP contribution >= 0.6 is 11.8 Å². The summed E-state index contributed by atoms with van der Waals surface area (Å²) in [6.45, 7) is 3.33. The molecule has 146 valence electrons. The van der Waals surface area contributed by atoms with Crippen LogP contribution in [-0.2, 0) is 11.3 Å². The SMILES string of the molecule is Cc1cccc(N2CCN(C(=O)CSc3nnnn3CC(F)(F)F)CC2)c1. The molecule has 1 saturated heterocycles. The van der Waals surface area contributed by atoms with Crippen molar-refractivity contribution in [2.75, 3.05) is 36.8 Å². The lowest BCUT2D eigenvalue weighted by Crippen LogP contribution is -2.49. The zero-order valence-electron chi connectivity index (χ0n) is 14.7. The number of carbonyl (C=O) groups is 1. The van der Waals surface area contributed by atoms with Crippen molar-refractivity contribution >= 4 is 23.4 Å². The topological polar surface area (TPSA) is 67.2 Å². The van der Waals surface area contributed by atoms with Crippen LogP contribution in [-0.4, -0.2) is 69.1 Å². The molecule has 0 radical (unpaired) electrons. The van der Waals surface area contributed by atoms with Crippen molar-refractivity contribution in [3.8, 4) is 0 Å². The molecule has 1 aliphatic rings. The third kappa shape index (κ3) is 5.34. The number of piperazine rings is 1. The molecule has 0 spiro atoms. The fraction of sp³-hybridized carbons (Fsp3) is 0.500. The molecule has 1 aliphatic heterocycles. The molecular formula is C16H19F3N6OS. The lowest BCUT2D eigenvalue weighted by atomic mass is 10.2. The Morgan fingerprint density at radius 1 is 1.22 bits per heavy atom. The van der Waals surface area contributed by atoms with Gasteiger partial charge >= 0.3 is 6.18 Å². The van der Waals surface area contributed by atoms with Crippen LogP contribution in [0.15, 0.2) is 29.4 Å². The lowest BCUT2D eigenvalue weighted by Gasteiger charge is -2.36. The van der Waals surface area contributed by atoms with Crippen LogP contribution < -0.4 is 4.90 Å². The standard InChI is InChI=1S/C16H19F3N6OS/c1-12-3-2-4-13(9-12)23-5-7-24(8-6-23)14(26)10-27-15-20-21-22-25(15)11-16(17,18)19/h2-4,9H,5-8,10-11H2,1H3. The first-order valence-corrected chi connectivity index (χ1v) is 9.35. The Bertz CT molecular complexity index is 788. The Morgan fingerprint density at radius 3 is 2.63 bits per heavy atom. The third-order valence-electron chi connectivity index (χ3n) is 4.15. The molecule has 0 unspecified atom stereocenters. The number of benzene rings is 1. The van der Waals surface area contributed by atoms with Crippen molar-refractivity contribution in [1.82, 2.24) is 25.1 Å². The third-order valence-corrected chi connectivity index (χ3v) is 5.09. The highest BCUT2D eigenvalue weighted by Gasteiger charge is 2.30. The van der Waals surface area contributed by atoms with Gasteiger partial charge in [-0.15, -0.1) is 5.10 Å². The minimum absolute atomic E-state index is 0.00265. The number of carbonyl (C=O) groups excluding carboxylic acids is 1. The number of tetrazole rings is 1. The quantitative estimate of drug-likeness (QED) is 0.715. The monoisotopic (exact) mass is 400 g/mol. The summed E-state index contributed by atoms with van der Waals surface area (Å²) in [6.07, 6.45) is -4.42. The number of alkyl halides is 3. The number of amides is 1. The molecule has 1 aromatic carbocycles. The fourth-order valence-corrected chi connectivity index (χ4v) is 3.60. The molecule has 11 heteroatoms. The molecule has 3 rings (SSSR count). The molecule has 2 aromatic rings. The van der Waals surface area contributed by atoms with E-state index in [9.17, 15) is 18.0 Å². The van der Waals surface area contributed by atoms with Gasteiger partial charge in [-0.25, -0.2) is 4.68 Å².